The molecule has 9 heteroatoms. The van der Waals surface area contributed by atoms with Gasteiger partial charge in [-0.25, -0.2) is 9.63 Å². The van der Waals surface area contributed by atoms with Gasteiger partial charge in [0.1, 0.15) is 5.60 Å². The minimum absolute atomic E-state index is 0.0244. The number of amides is 1. The van der Waals surface area contributed by atoms with Gasteiger partial charge in [-0.3, -0.25) is 9.36 Å². The molecule has 0 aromatic rings. The summed E-state index contributed by atoms with van der Waals surface area (Å²) in [4.78, 5) is 29.2. The highest BCUT2D eigenvalue weighted by atomic mass is 31.2. The molecule has 0 radical (unpaired) electrons. The van der Waals surface area contributed by atoms with Crippen LogP contribution in [0.5, 0.6) is 0 Å². The van der Waals surface area contributed by atoms with E-state index < -0.39 is 30.4 Å². The maximum absolute atomic E-state index is 13.0. The number of ether oxygens (including phenoxy) is 1. The number of Topliss-reactive ketones (excluding diaryl/α,β-unsaturated/α-hetero) is 1. The van der Waals surface area contributed by atoms with Gasteiger partial charge in [-0.1, -0.05) is 6.92 Å². The molecule has 8 nitrogen and oxygen atoms in total. The van der Waals surface area contributed by atoms with Crippen LogP contribution in [-0.2, 0) is 28.0 Å². The number of ketones is 1. The monoisotopic (exact) mass is 353 g/mol. The molecule has 0 aliphatic carbocycles. The Hall–Kier alpha value is -0.950. The Morgan fingerprint density at radius 2 is 1.48 bits per heavy atom. The Labute approximate surface area is 137 Å². The lowest BCUT2D eigenvalue weighted by atomic mass is 10.2. The summed E-state index contributed by atoms with van der Waals surface area (Å²) in [6.45, 7) is 11.2. The summed E-state index contributed by atoms with van der Waals surface area (Å²) in [6, 6.07) is 0. The molecule has 1 amide bonds. The maximum atomic E-state index is 13.0. The first kappa shape index (κ1) is 22.1. The van der Waals surface area contributed by atoms with E-state index in [2.05, 4.69) is 0 Å². The number of hydroxylamine groups is 1. The number of carbonyl (C=O) groups excluding carboxylic acids is 2. The molecule has 0 bridgehead atoms. The van der Waals surface area contributed by atoms with Crippen molar-refractivity contribution in [1.29, 1.82) is 0 Å². The van der Waals surface area contributed by atoms with Crippen molar-refractivity contribution in [3.05, 3.63) is 0 Å². The molecule has 0 saturated carbocycles. The molecule has 0 heterocycles. The quantitative estimate of drug-likeness (QED) is 0.501. The number of hydrogen-bond acceptors (Lipinski definition) is 7. The zero-order valence-corrected chi connectivity index (χ0v) is 15.8. The minimum atomic E-state index is -3.96. The highest BCUT2D eigenvalue weighted by Gasteiger charge is 2.55. The van der Waals surface area contributed by atoms with Crippen molar-refractivity contribution in [2.45, 2.75) is 65.8 Å². The lowest BCUT2D eigenvalue weighted by molar-refractivity contribution is -0.141. The second-order valence-corrected chi connectivity index (χ2v) is 8.16. The smallest absolute Gasteiger partial charge is 0.431 e. The van der Waals surface area contributed by atoms with Crippen molar-refractivity contribution < 1.29 is 32.8 Å². The van der Waals surface area contributed by atoms with Crippen LogP contribution in [0.1, 0.15) is 54.9 Å². The zero-order valence-electron chi connectivity index (χ0n) is 14.9. The summed E-state index contributed by atoms with van der Waals surface area (Å²) < 4.78 is 28.3. The largest absolute Gasteiger partial charge is 0.442 e. The summed E-state index contributed by atoms with van der Waals surface area (Å²) in [5.74, 6) is -0.529. The Kier molecular flexibility index (Phi) is 8.41. The van der Waals surface area contributed by atoms with Crippen molar-refractivity contribution in [2.75, 3.05) is 13.2 Å². The van der Waals surface area contributed by atoms with Gasteiger partial charge in [-0.05, 0) is 41.5 Å². The topological polar surface area (TPSA) is 100 Å². The fourth-order valence-corrected chi connectivity index (χ4v) is 3.53. The van der Waals surface area contributed by atoms with Gasteiger partial charge in [-0.2, -0.15) is 5.48 Å². The normalized spacial score (nSPS) is 14.9. The van der Waals surface area contributed by atoms with Gasteiger partial charge in [0.25, 0.3) is 5.34 Å². The summed E-state index contributed by atoms with van der Waals surface area (Å²) in [5, 5.41) is -1.97. The van der Waals surface area contributed by atoms with Gasteiger partial charge in [0.2, 0.25) is 0 Å². The molecular weight excluding hydrogens is 325 g/mol. The van der Waals surface area contributed by atoms with Crippen molar-refractivity contribution in [3.63, 3.8) is 0 Å². The Bertz CT molecular complexity index is 451. The molecule has 0 fully saturated rings. The van der Waals surface area contributed by atoms with Gasteiger partial charge in [0.05, 0.1) is 13.2 Å². The third kappa shape index (κ3) is 6.22. The van der Waals surface area contributed by atoms with Crippen LogP contribution in [0.3, 0.4) is 0 Å². The molecule has 1 N–H and O–H groups in total. The van der Waals surface area contributed by atoms with E-state index in [1.54, 1.807) is 41.5 Å². The average Bonchev–Trinajstić information content (AvgIpc) is 2.42. The second kappa shape index (κ2) is 8.78. The van der Waals surface area contributed by atoms with Gasteiger partial charge in [0.15, 0.2) is 5.78 Å². The summed E-state index contributed by atoms with van der Waals surface area (Å²) in [5.41, 5.74) is 1.26. The number of hydrogen-bond donors (Lipinski definition) is 1. The third-order valence-electron chi connectivity index (χ3n) is 2.69. The number of carbonyl (C=O) groups is 2. The average molecular weight is 353 g/mol. The molecular formula is C14H28NO7P. The third-order valence-corrected chi connectivity index (χ3v) is 5.27. The van der Waals surface area contributed by atoms with E-state index in [1.165, 1.54) is 6.92 Å². The molecule has 0 saturated heterocycles. The molecule has 0 aliphatic heterocycles. The zero-order chi connectivity index (χ0) is 18.3. The van der Waals surface area contributed by atoms with Crippen LogP contribution in [0.15, 0.2) is 0 Å². The van der Waals surface area contributed by atoms with E-state index in [1.807, 2.05) is 5.48 Å². The van der Waals surface area contributed by atoms with Crippen LogP contribution in [0.2, 0.25) is 0 Å². The standard InChI is InChI=1S/C14H28NO7P/c1-8-11(16)14(7,23(18,19-9-2)20-10-3)22-15-12(17)21-13(4,5)6/h8-10H2,1-7H3,(H,15,17)/t14-/m1/s1. The first-order valence-electron chi connectivity index (χ1n) is 7.55. The van der Waals surface area contributed by atoms with Gasteiger partial charge < -0.3 is 13.8 Å². The number of nitrogens with one attached hydrogen (secondary N) is 1. The molecule has 1 atom stereocenters. The van der Waals surface area contributed by atoms with E-state index in [0.29, 0.717) is 0 Å². The second-order valence-electron chi connectivity index (χ2n) is 5.80. The van der Waals surface area contributed by atoms with E-state index >= 15 is 0 Å². The number of rotatable bonds is 9. The predicted molar refractivity (Wildman–Crippen MR) is 85.0 cm³/mol. The van der Waals surface area contributed by atoms with Crippen LogP contribution < -0.4 is 5.48 Å². The van der Waals surface area contributed by atoms with E-state index in [4.69, 9.17) is 18.6 Å². The van der Waals surface area contributed by atoms with Crippen molar-refractivity contribution in [2.24, 2.45) is 0 Å². The summed E-state index contributed by atoms with van der Waals surface area (Å²) in [6.07, 6.45) is -0.886. The first-order valence-corrected chi connectivity index (χ1v) is 9.09. The molecule has 0 aliphatic rings. The minimum Gasteiger partial charge on any atom is -0.442 e. The molecule has 23 heavy (non-hydrogen) atoms. The van der Waals surface area contributed by atoms with Crippen LogP contribution in [0, 0.1) is 0 Å². The van der Waals surface area contributed by atoms with Gasteiger partial charge in [0, 0.05) is 6.42 Å². The maximum Gasteiger partial charge on any atom is 0.431 e. The highest BCUT2D eigenvalue weighted by molar-refractivity contribution is 7.56. The van der Waals surface area contributed by atoms with Crippen LogP contribution in [0.4, 0.5) is 4.79 Å². The van der Waals surface area contributed by atoms with Crippen molar-refractivity contribution in [1.82, 2.24) is 5.48 Å². The molecule has 0 aromatic heterocycles. The molecule has 0 aromatic carbocycles. The predicted octanol–water partition coefficient (Wildman–Crippen LogP) is 3.40. The van der Waals surface area contributed by atoms with Gasteiger partial charge >= 0.3 is 13.7 Å². The van der Waals surface area contributed by atoms with Crippen LogP contribution >= 0.6 is 7.60 Å². The summed E-state index contributed by atoms with van der Waals surface area (Å²) in [7, 11) is -3.96. The SMILES string of the molecule is CCOP(=O)(OCC)[C@@](C)(ONC(=O)OC(C)(C)C)C(=O)CC. The highest BCUT2D eigenvalue weighted by Crippen LogP contribution is 2.60. The Morgan fingerprint density at radius 1 is 1.00 bits per heavy atom. The van der Waals surface area contributed by atoms with E-state index in [9.17, 15) is 14.2 Å². The van der Waals surface area contributed by atoms with Crippen LogP contribution in [-0.4, -0.2) is 36.0 Å². The van der Waals surface area contributed by atoms with Gasteiger partial charge in [-0.15, -0.1) is 0 Å². The van der Waals surface area contributed by atoms with Crippen LogP contribution in [0.25, 0.3) is 0 Å². The fraction of sp³-hybridized carbons (Fsp3) is 0.857. The molecule has 0 unspecified atom stereocenters. The Morgan fingerprint density at radius 3 is 1.83 bits per heavy atom. The molecule has 136 valence electrons. The lowest BCUT2D eigenvalue weighted by Crippen LogP contribution is -2.46. The molecule has 0 spiro atoms. The van der Waals surface area contributed by atoms with E-state index in [-0.39, 0.29) is 19.6 Å². The Balaban J connectivity index is 5.37. The lowest BCUT2D eigenvalue weighted by Gasteiger charge is -2.33. The first-order chi connectivity index (χ1) is 10.5. The molecule has 0 rings (SSSR count). The fourth-order valence-electron chi connectivity index (χ4n) is 1.66. The van der Waals surface area contributed by atoms with Crippen molar-refractivity contribution >= 4 is 19.5 Å². The van der Waals surface area contributed by atoms with Crippen molar-refractivity contribution in [3.8, 4) is 0 Å². The summed E-state index contributed by atoms with van der Waals surface area (Å²) >= 11 is 0. The van der Waals surface area contributed by atoms with E-state index in [0.717, 1.165) is 0 Å².